The Kier molecular flexibility index (Phi) is 4.76. The minimum absolute atomic E-state index is 0.0163. The minimum atomic E-state index is -0.0163. The van der Waals surface area contributed by atoms with E-state index in [0.717, 1.165) is 38.6 Å². The van der Waals surface area contributed by atoms with Crippen LogP contribution in [0.25, 0.3) is 0 Å². The van der Waals surface area contributed by atoms with E-state index in [9.17, 15) is 9.59 Å². The van der Waals surface area contributed by atoms with Gasteiger partial charge in [0, 0.05) is 24.9 Å². The molecule has 1 aromatic rings. The third-order valence-electron chi connectivity index (χ3n) is 4.62. The van der Waals surface area contributed by atoms with E-state index in [-0.39, 0.29) is 24.4 Å². The number of benzene rings is 1. The van der Waals surface area contributed by atoms with Crippen LogP contribution in [0, 0.1) is 0 Å². The Hall–Kier alpha value is -1.84. The Bertz CT molecular complexity index is 529. The number of nitrogens with one attached hydrogen (secondary N) is 1. The van der Waals surface area contributed by atoms with Crippen LogP contribution in [-0.4, -0.2) is 35.8 Å². The first-order valence-corrected chi connectivity index (χ1v) is 8.36. The van der Waals surface area contributed by atoms with Crippen molar-refractivity contribution in [1.29, 1.82) is 0 Å². The average molecular weight is 300 g/mol. The third kappa shape index (κ3) is 3.87. The van der Waals surface area contributed by atoms with Gasteiger partial charge in [0.15, 0.2) is 0 Å². The summed E-state index contributed by atoms with van der Waals surface area (Å²) < 4.78 is 0. The molecule has 3 rings (SSSR count). The molecule has 1 aromatic carbocycles. The first kappa shape index (κ1) is 15.1. The zero-order chi connectivity index (χ0) is 15.4. The predicted molar refractivity (Wildman–Crippen MR) is 85.4 cm³/mol. The van der Waals surface area contributed by atoms with Crippen molar-refractivity contribution in [2.24, 2.45) is 0 Å². The van der Waals surface area contributed by atoms with E-state index < -0.39 is 0 Å². The van der Waals surface area contributed by atoms with Gasteiger partial charge < -0.3 is 10.2 Å². The van der Waals surface area contributed by atoms with Crippen molar-refractivity contribution in [2.75, 3.05) is 13.1 Å². The molecular weight excluding hydrogens is 276 g/mol. The smallest absolute Gasteiger partial charge is 0.239 e. The summed E-state index contributed by atoms with van der Waals surface area (Å²) in [6.07, 6.45) is 5.84. The molecule has 118 valence electrons. The van der Waals surface area contributed by atoms with Crippen LogP contribution >= 0.6 is 0 Å². The lowest BCUT2D eigenvalue weighted by atomic mass is 10.1. The summed E-state index contributed by atoms with van der Waals surface area (Å²) in [4.78, 5) is 25.9. The zero-order valence-corrected chi connectivity index (χ0v) is 13.0. The maximum absolute atomic E-state index is 12.2. The monoisotopic (exact) mass is 300 g/mol. The van der Waals surface area contributed by atoms with Crippen LogP contribution in [-0.2, 0) is 9.59 Å². The van der Waals surface area contributed by atoms with Crippen LogP contribution in [0.2, 0.25) is 0 Å². The summed E-state index contributed by atoms with van der Waals surface area (Å²) in [6, 6.07) is 10.5. The summed E-state index contributed by atoms with van der Waals surface area (Å²) in [6.45, 7) is 0.940. The number of likely N-dealkylation sites (tertiary alicyclic amines) is 1. The van der Waals surface area contributed by atoms with Gasteiger partial charge in [0.2, 0.25) is 11.8 Å². The van der Waals surface area contributed by atoms with Gasteiger partial charge in [0.1, 0.15) is 0 Å². The van der Waals surface area contributed by atoms with Gasteiger partial charge in [-0.3, -0.25) is 9.59 Å². The average Bonchev–Trinajstić information content (AvgIpc) is 3.27. The maximum Gasteiger partial charge on any atom is 0.239 e. The van der Waals surface area contributed by atoms with E-state index in [2.05, 4.69) is 17.4 Å². The molecule has 2 amide bonds. The van der Waals surface area contributed by atoms with Crippen LogP contribution in [0.15, 0.2) is 30.3 Å². The molecular formula is C18H24N2O2. The molecule has 1 saturated heterocycles. The Morgan fingerprint density at radius 1 is 1.14 bits per heavy atom. The van der Waals surface area contributed by atoms with Gasteiger partial charge >= 0.3 is 0 Å². The molecule has 0 radical (unpaired) electrons. The van der Waals surface area contributed by atoms with Crippen molar-refractivity contribution in [3.05, 3.63) is 35.9 Å². The van der Waals surface area contributed by atoms with Gasteiger partial charge in [-0.25, -0.2) is 0 Å². The molecule has 0 unspecified atom stereocenters. The lowest BCUT2D eigenvalue weighted by molar-refractivity contribution is -0.136. The molecule has 2 fully saturated rings. The summed E-state index contributed by atoms with van der Waals surface area (Å²) in [5, 5.41) is 3.07. The normalized spacial score (nSPS) is 25.3. The van der Waals surface area contributed by atoms with Gasteiger partial charge in [0.25, 0.3) is 0 Å². The van der Waals surface area contributed by atoms with E-state index in [0.29, 0.717) is 12.3 Å². The highest BCUT2D eigenvalue weighted by Gasteiger charge is 2.39. The summed E-state index contributed by atoms with van der Waals surface area (Å²) in [5.74, 6) is 0.552. The van der Waals surface area contributed by atoms with Crippen molar-refractivity contribution < 1.29 is 9.59 Å². The van der Waals surface area contributed by atoms with Crippen LogP contribution in [0.4, 0.5) is 0 Å². The third-order valence-corrected chi connectivity index (χ3v) is 4.62. The highest BCUT2D eigenvalue weighted by Crippen LogP contribution is 2.40. The van der Waals surface area contributed by atoms with Crippen molar-refractivity contribution in [1.82, 2.24) is 10.2 Å². The van der Waals surface area contributed by atoms with Crippen molar-refractivity contribution in [3.63, 3.8) is 0 Å². The number of amides is 2. The van der Waals surface area contributed by atoms with Gasteiger partial charge in [-0.2, -0.15) is 0 Å². The van der Waals surface area contributed by atoms with Crippen molar-refractivity contribution in [2.45, 2.75) is 50.5 Å². The molecule has 1 heterocycles. The molecule has 0 bridgehead atoms. The first-order chi connectivity index (χ1) is 10.7. The second-order valence-electron chi connectivity index (χ2n) is 6.41. The Morgan fingerprint density at radius 2 is 1.91 bits per heavy atom. The Labute approximate surface area is 131 Å². The van der Waals surface area contributed by atoms with E-state index in [1.54, 1.807) is 4.90 Å². The first-order valence-electron chi connectivity index (χ1n) is 8.36. The number of rotatable bonds is 4. The molecule has 2 atom stereocenters. The molecule has 1 aliphatic heterocycles. The van der Waals surface area contributed by atoms with Crippen LogP contribution in [0.3, 0.4) is 0 Å². The molecule has 22 heavy (non-hydrogen) atoms. The number of hydrogen-bond donors (Lipinski definition) is 1. The summed E-state index contributed by atoms with van der Waals surface area (Å²) in [5.41, 5.74) is 1.29. The fraction of sp³-hybridized carbons (Fsp3) is 0.556. The lowest BCUT2D eigenvalue weighted by Crippen LogP contribution is -2.42. The van der Waals surface area contributed by atoms with Gasteiger partial charge in [-0.05, 0) is 24.8 Å². The fourth-order valence-electron chi connectivity index (χ4n) is 3.23. The van der Waals surface area contributed by atoms with E-state index in [1.807, 2.05) is 18.2 Å². The fourth-order valence-corrected chi connectivity index (χ4v) is 3.23. The quantitative estimate of drug-likeness (QED) is 0.928. The van der Waals surface area contributed by atoms with Crippen LogP contribution in [0.5, 0.6) is 0 Å². The minimum Gasteiger partial charge on any atom is -0.351 e. The lowest BCUT2D eigenvalue weighted by Gasteiger charge is -2.24. The van der Waals surface area contributed by atoms with Crippen molar-refractivity contribution >= 4 is 11.8 Å². The zero-order valence-electron chi connectivity index (χ0n) is 13.0. The largest absolute Gasteiger partial charge is 0.351 e. The van der Waals surface area contributed by atoms with Crippen molar-refractivity contribution in [3.8, 4) is 0 Å². The number of nitrogens with zero attached hydrogens (tertiary/aromatic N) is 1. The molecule has 4 nitrogen and oxygen atoms in total. The number of hydrogen-bond acceptors (Lipinski definition) is 2. The Balaban J connectivity index is 1.47. The summed E-state index contributed by atoms with van der Waals surface area (Å²) in [7, 11) is 0. The van der Waals surface area contributed by atoms with Gasteiger partial charge in [-0.15, -0.1) is 0 Å². The van der Waals surface area contributed by atoms with Gasteiger partial charge in [-0.1, -0.05) is 43.2 Å². The number of carbonyl (C=O) groups excluding carboxylic acids is 2. The highest BCUT2D eigenvalue weighted by molar-refractivity contribution is 5.85. The van der Waals surface area contributed by atoms with E-state index in [1.165, 1.54) is 5.56 Å². The van der Waals surface area contributed by atoms with Gasteiger partial charge in [0.05, 0.1) is 6.54 Å². The van der Waals surface area contributed by atoms with Crippen LogP contribution < -0.4 is 5.32 Å². The second kappa shape index (κ2) is 6.95. The van der Waals surface area contributed by atoms with E-state index >= 15 is 0 Å². The SMILES string of the molecule is O=C(CN1CCCCCCC1=O)N[C@@H]1C[C@@H]1c1ccccc1. The Morgan fingerprint density at radius 3 is 2.73 bits per heavy atom. The molecule has 0 spiro atoms. The summed E-state index contributed by atoms with van der Waals surface area (Å²) >= 11 is 0. The predicted octanol–water partition coefficient (Wildman–Crippen LogP) is 2.45. The second-order valence-corrected chi connectivity index (χ2v) is 6.41. The molecule has 2 aliphatic rings. The molecule has 1 saturated carbocycles. The van der Waals surface area contributed by atoms with Crippen LogP contribution in [0.1, 0.15) is 50.0 Å². The highest BCUT2D eigenvalue weighted by atomic mass is 16.2. The molecule has 4 heteroatoms. The molecule has 1 N–H and O–H groups in total. The number of carbonyl (C=O) groups is 2. The molecule has 0 aromatic heterocycles. The topological polar surface area (TPSA) is 49.4 Å². The molecule has 1 aliphatic carbocycles. The maximum atomic E-state index is 12.2. The van der Waals surface area contributed by atoms with E-state index in [4.69, 9.17) is 0 Å². The standard InChI is InChI=1S/C18H24N2O2/c21-17(13-20-11-7-2-1-6-10-18(20)22)19-16-12-15(16)14-8-4-3-5-9-14/h3-5,8-9,15-16H,1-2,6-7,10-13H2,(H,19,21)/t15-,16-/m1/s1.